The molecule has 0 N–H and O–H groups in total. The van der Waals surface area contributed by atoms with E-state index in [0.29, 0.717) is 25.4 Å². The van der Waals surface area contributed by atoms with Crippen LogP contribution in [0.1, 0.15) is 81.5 Å². The number of benzene rings is 1. The van der Waals surface area contributed by atoms with Crippen molar-refractivity contribution in [2.75, 3.05) is 19.8 Å². The Kier molecular flexibility index (Phi) is 14.2. The summed E-state index contributed by atoms with van der Waals surface area (Å²) >= 11 is 0. The van der Waals surface area contributed by atoms with Gasteiger partial charge in [0.2, 0.25) is 0 Å². The summed E-state index contributed by atoms with van der Waals surface area (Å²) in [5.74, 6) is 0.0997. The fourth-order valence-electron chi connectivity index (χ4n) is 2.80. The van der Waals surface area contributed by atoms with Gasteiger partial charge in [-0.1, -0.05) is 45.6 Å². The Labute approximate surface area is 175 Å². The van der Waals surface area contributed by atoms with E-state index in [4.69, 9.17) is 14.2 Å². The molecular weight excluding hydrogens is 368 g/mol. The Morgan fingerprint density at radius 3 is 1.97 bits per heavy atom. The molecule has 1 rings (SSSR count). The molecule has 0 aliphatic heterocycles. The van der Waals surface area contributed by atoms with Gasteiger partial charge < -0.3 is 14.2 Å². The zero-order chi connectivity index (χ0) is 21.2. The van der Waals surface area contributed by atoms with Gasteiger partial charge in [0.1, 0.15) is 5.75 Å². The highest BCUT2D eigenvalue weighted by atomic mass is 16.5. The number of carbonyl (C=O) groups excluding carboxylic acids is 2. The Morgan fingerprint density at radius 2 is 1.34 bits per heavy atom. The molecule has 0 amide bonds. The molecule has 0 atom stereocenters. The molecule has 0 unspecified atom stereocenters. The molecule has 5 heteroatoms. The first-order valence-corrected chi connectivity index (χ1v) is 10.9. The van der Waals surface area contributed by atoms with Crippen LogP contribution >= 0.6 is 0 Å². The van der Waals surface area contributed by atoms with Crippen LogP contribution in [-0.4, -0.2) is 31.8 Å². The van der Waals surface area contributed by atoms with Crippen molar-refractivity contribution in [3.63, 3.8) is 0 Å². The van der Waals surface area contributed by atoms with Crippen LogP contribution < -0.4 is 4.74 Å². The predicted molar refractivity (Wildman–Crippen MR) is 115 cm³/mol. The molecule has 0 fully saturated rings. The number of rotatable bonds is 17. The summed E-state index contributed by atoms with van der Waals surface area (Å²) in [6.07, 6.45) is 12.0. The summed E-state index contributed by atoms with van der Waals surface area (Å²) < 4.78 is 15.9. The molecule has 5 nitrogen and oxygen atoms in total. The van der Waals surface area contributed by atoms with E-state index in [9.17, 15) is 9.59 Å². The monoisotopic (exact) mass is 404 g/mol. The third kappa shape index (κ3) is 12.7. The van der Waals surface area contributed by atoms with E-state index in [1.54, 1.807) is 24.3 Å². The van der Waals surface area contributed by atoms with Crippen LogP contribution in [-0.2, 0) is 14.3 Å². The third-order valence-corrected chi connectivity index (χ3v) is 4.54. The first-order chi connectivity index (χ1) is 14.2. The van der Waals surface area contributed by atoms with Gasteiger partial charge in [0, 0.05) is 6.08 Å². The van der Waals surface area contributed by atoms with Crippen molar-refractivity contribution in [3.05, 3.63) is 42.5 Å². The first-order valence-electron chi connectivity index (χ1n) is 10.9. The number of esters is 2. The van der Waals surface area contributed by atoms with Gasteiger partial charge in [-0.2, -0.15) is 0 Å². The second kappa shape index (κ2) is 16.6. The topological polar surface area (TPSA) is 61.8 Å². The fraction of sp³-hybridized carbons (Fsp3) is 0.583. The van der Waals surface area contributed by atoms with Crippen LogP contribution in [0.2, 0.25) is 0 Å². The molecule has 0 spiro atoms. The van der Waals surface area contributed by atoms with Gasteiger partial charge in [0.15, 0.2) is 0 Å². The highest BCUT2D eigenvalue weighted by Crippen LogP contribution is 2.14. The number of ether oxygens (including phenoxy) is 3. The Hall–Kier alpha value is -2.30. The van der Waals surface area contributed by atoms with Gasteiger partial charge in [0.05, 0.1) is 25.4 Å². The largest absolute Gasteiger partial charge is 0.494 e. The predicted octanol–water partition coefficient (Wildman–Crippen LogP) is 5.87. The third-order valence-electron chi connectivity index (χ3n) is 4.54. The SMILES string of the molecule is C=CC(=O)OCCCCCCOc1ccc(C(=O)OCCCCCCCC)cc1. The van der Waals surface area contributed by atoms with Crippen molar-refractivity contribution in [2.24, 2.45) is 0 Å². The van der Waals surface area contributed by atoms with Crippen molar-refractivity contribution in [3.8, 4) is 5.75 Å². The maximum Gasteiger partial charge on any atom is 0.338 e. The first kappa shape index (κ1) is 24.7. The van der Waals surface area contributed by atoms with E-state index in [-0.39, 0.29) is 11.9 Å². The van der Waals surface area contributed by atoms with Gasteiger partial charge in [-0.15, -0.1) is 0 Å². The molecule has 0 saturated carbocycles. The number of unbranched alkanes of at least 4 members (excludes halogenated alkanes) is 8. The van der Waals surface area contributed by atoms with Crippen LogP contribution in [0.4, 0.5) is 0 Å². The smallest absolute Gasteiger partial charge is 0.338 e. The van der Waals surface area contributed by atoms with Gasteiger partial charge in [0.25, 0.3) is 0 Å². The molecule has 0 heterocycles. The lowest BCUT2D eigenvalue weighted by Crippen LogP contribution is -2.06. The van der Waals surface area contributed by atoms with Crippen molar-refractivity contribution in [1.29, 1.82) is 0 Å². The Morgan fingerprint density at radius 1 is 0.793 bits per heavy atom. The molecule has 29 heavy (non-hydrogen) atoms. The van der Waals surface area contributed by atoms with Gasteiger partial charge >= 0.3 is 11.9 Å². The highest BCUT2D eigenvalue weighted by Gasteiger charge is 2.07. The zero-order valence-corrected chi connectivity index (χ0v) is 17.8. The summed E-state index contributed by atoms with van der Waals surface area (Å²) in [7, 11) is 0. The maximum atomic E-state index is 12.0. The minimum absolute atomic E-state index is 0.276. The van der Waals surface area contributed by atoms with E-state index < -0.39 is 0 Å². The lowest BCUT2D eigenvalue weighted by atomic mass is 10.1. The van der Waals surface area contributed by atoms with Crippen LogP contribution in [0.15, 0.2) is 36.9 Å². The van der Waals surface area contributed by atoms with Crippen LogP contribution in [0, 0.1) is 0 Å². The fourth-order valence-corrected chi connectivity index (χ4v) is 2.80. The lowest BCUT2D eigenvalue weighted by Gasteiger charge is -2.08. The molecule has 0 saturated heterocycles. The molecule has 1 aromatic carbocycles. The highest BCUT2D eigenvalue weighted by molar-refractivity contribution is 5.89. The lowest BCUT2D eigenvalue weighted by molar-refractivity contribution is -0.137. The Bertz CT molecular complexity index is 579. The molecule has 0 bridgehead atoms. The summed E-state index contributed by atoms with van der Waals surface area (Å²) in [5, 5.41) is 0. The summed E-state index contributed by atoms with van der Waals surface area (Å²) in [6.45, 7) is 7.09. The normalized spacial score (nSPS) is 10.4. The van der Waals surface area contributed by atoms with E-state index in [0.717, 1.165) is 44.3 Å². The molecular formula is C24H36O5. The maximum absolute atomic E-state index is 12.0. The quantitative estimate of drug-likeness (QED) is 0.184. The van der Waals surface area contributed by atoms with Gasteiger partial charge in [-0.3, -0.25) is 0 Å². The van der Waals surface area contributed by atoms with Crippen molar-refractivity contribution in [2.45, 2.75) is 71.1 Å². The van der Waals surface area contributed by atoms with E-state index in [1.165, 1.54) is 31.8 Å². The van der Waals surface area contributed by atoms with Gasteiger partial charge in [-0.25, -0.2) is 9.59 Å². The molecule has 1 aromatic rings. The number of hydrogen-bond acceptors (Lipinski definition) is 5. The van der Waals surface area contributed by atoms with E-state index in [1.807, 2.05) is 0 Å². The number of hydrogen-bond donors (Lipinski definition) is 0. The van der Waals surface area contributed by atoms with E-state index in [2.05, 4.69) is 13.5 Å². The molecule has 162 valence electrons. The summed E-state index contributed by atoms with van der Waals surface area (Å²) in [4.78, 5) is 22.9. The van der Waals surface area contributed by atoms with Crippen LogP contribution in [0.3, 0.4) is 0 Å². The minimum Gasteiger partial charge on any atom is -0.494 e. The van der Waals surface area contributed by atoms with E-state index >= 15 is 0 Å². The molecule has 0 aliphatic rings. The van der Waals surface area contributed by atoms with Crippen molar-refractivity contribution >= 4 is 11.9 Å². The number of carbonyl (C=O) groups is 2. The standard InChI is InChI=1S/C24H36O5/c1-3-5-6-7-8-13-20-29-24(26)21-14-16-22(17-15-21)27-18-11-9-10-12-19-28-23(25)4-2/h4,14-17H,2-3,5-13,18-20H2,1H3. The average molecular weight is 405 g/mol. The minimum atomic E-state index is -0.372. The molecule has 0 radical (unpaired) electrons. The second-order valence-corrected chi connectivity index (χ2v) is 7.06. The van der Waals surface area contributed by atoms with Crippen molar-refractivity contribution in [1.82, 2.24) is 0 Å². The summed E-state index contributed by atoms with van der Waals surface area (Å²) in [6, 6.07) is 7.09. The Balaban J connectivity index is 2.08. The van der Waals surface area contributed by atoms with Crippen LogP contribution in [0.5, 0.6) is 5.75 Å². The molecule has 0 aliphatic carbocycles. The van der Waals surface area contributed by atoms with Gasteiger partial charge in [-0.05, 0) is 56.4 Å². The summed E-state index contributed by atoms with van der Waals surface area (Å²) in [5.41, 5.74) is 0.553. The van der Waals surface area contributed by atoms with Crippen LogP contribution in [0.25, 0.3) is 0 Å². The average Bonchev–Trinajstić information content (AvgIpc) is 2.75. The second-order valence-electron chi connectivity index (χ2n) is 7.06. The molecule has 0 aromatic heterocycles. The zero-order valence-electron chi connectivity index (χ0n) is 17.8. The van der Waals surface area contributed by atoms with Crippen molar-refractivity contribution < 1.29 is 23.8 Å².